The van der Waals surface area contributed by atoms with E-state index in [4.69, 9.17) is 4.74 Å². The van der Waals surface area contributed by atoms with E-state index in [1.54, 1.807) is 6.92 Å². The molecule has 0 amide bonds. The summed E-state index contributed by atoms with van der Waals surface area (Å²) in [5, 5.41) is 8.07. The molecule has 5 heteroatoms. The number of hydrogen-bond donors (Lipinski definition) is 0. The third kappa shape index (κ3) is 2.65. The Morgan fingerprint density at radius 1 is 1.53 bits per heavy atom. The van der Waals surface area contributed by atoms with Crippen molar-refractivity contribution >= 4 is 5.97 Å². The van der Waals surface area contributed by atoms with Gasteiger partial charge in [0.15, 0.2) is 5.69 Å². The minimum atomic E-state index is -0.343. The average molecular weight is 237 g/mol. The molecular formula is C12H19N3O2. The SMILES string of the molecule is CCOC(=O)c1nnn(CC(C)C)c1C1CC1. The Morgan fingerprint density at radius 2 is 2.24 bits per heavy atom. The van der Waals surface area contributed by atoms with E-state index in [9.17, 15) is 4.79 Å². The zero-order chi connectivity index (χ0) is 12.4. The number of rotatable bonds is 5. The molecule has 2 rings (SSSR count). The van der Waals surface area contributed by atoms with Gasteiger partial charge in [0.1, 0.15) is 0 Å². The maximum atomic E-state index is 11.8. The fourth-order valence-electron chi connectivity index (χ4n) is 1.91. The van der Waals surface area contributed by atoms with Gasteiger partial charge >= 0.3 is 5.97 Å². The van der Waals surface area contributed by atoms with Crippen LogP contribution in [0.5, 0.6) is 0 Å². The number of esters is 1. The molecule has 1 fully saturated rings. The molecule has 17 heavy (non-hydrogen) atoms. The maximum Gasteiger partial charge on any atom is 0.360 e. The van der Waals surface area contributed by atoms with Crippen LogP contribution in [-0.2, 0) is 11.3 Å². The van der Waals surface area contributed by atoms with Crippen LogP contribution in [0, 0.1) is 5.92 Å². The first kappa shape index (κ1) is 12.1. The van der Waals surface area contributed by atoms with Crippen molar-refractivity contribution in [3.8, 4) is 0 Å². The second kappa shape index (κ2) is 4.85. The number of carbonyl (C=O) groups excluding carboxylic acids is 1. The molecule has 0 radical (unpaired) electrons. The van der Waals surface area contributed by atoms with Gasteiger partial charge in [0.25, 0.3) is 0 Å². The first-order chi connectivity index (χ1) is 8.13. The number of ether oxygens (including phenoxy) is 1. The lowest BCUT2D eigenvalue weighted by Gasteiger charge is -2.08. The van der Waals surface area contributed by atoms with E-state index < -0.39 is 0 Å². The zero-order valence-electron chi connectivity index (χ0n) is 10.6. The second-order valence-electron chi connectivity index (χ2n) is 4.89. The van der Waals surface area contributed by atoms with Gasteiger partial charge in [-0.3, -0.25) is 0 Å². The summed E-state index contributed by atoms with van der Waals surface area (Å²) in [4.78, 5) is 11.8. The molecule has 0 bridgehead atoms. The fourth-order valence-corrected chi connectivity index (χ4v) is 1.91. The Balaban J connectivity index is 2.26. The highest BCUT2D eigenvalue weighted by Gasteiger charge is 2.34. The van der Waals surface area contributed by atoms with Crippen LogP contribution in [0.25, 0.3) is 0 Å². The summed E-state index contributed by atoms with van der Waals surface area (Å²) in [7, 11) is 0. The molecule has 0 saturated heterocycles. The van der Waals surface area contributed by atoms with Crippen LogP contribution >= 0.6 is 0 Å². The van der Waals surface area contributed by atoms with Crippen LogP contribution in [0.3, 0.4) is 0 Å². The van der Waals surface area contributed by atoms with Crippen LogP contribution in [0.2, 0.25) is 0 Å². The topological polar surface area (TPSA) is 57.0 Å². The van der Waals surface area contributed by atoms with E-state index in [0.29, 0.717) is 24.1 Å². The minimum absolute atomic E-state index is 0.343. The van der Waals surface area contributed by atoms with Gasteiger partial charge in [-0.2, -0.15) is 0 Å². The lowest BCUT2D eigenvalue weighted by Crippen LogP contribution is -2.12. The molecule has 5 nitrogen and oxygen atoms in total. The van der Waals surface area contributed by atoms with E-state index in [1.807, 2.05) is 4.68 Å². The van der Waals surface area contributed by atoms with E-state index in [-0.39, 0.29) is 5.97 Å². The van der Waals surface area contributed by atoms with Gasteiger partial charge in [-0.05, 0) is 25.7 Å². The molecule has 1 aromatic heterocycles. The number of hydrogen-bond acceptors (Lipinski definition) is 4. The van der Waals surface area contributed by atoms with Crippen LogP contribution in [0.4, 0.5) is 0 Å². The Labute approximate surface area is 101 Å². The van der Waals surface area contributed by atoms with Crippen molar-refractivity contribution in [2.24, 2.45) is 5.92 Å². The Morgan fingerprint density at radius 3 is 2.76 bits per heavy atom. The van der Waals surface area contributed by atoms with Crippen molar-refractivity contribution < 1.29 is 9.53 Å². The predicted molar refractivity (Wildman–Crippen MR) is 62.8 cm³/mol. The number of nitrogens with zero attached hydrogens (tertiary/aromatic N) is 3. The Hall–Kier alpha value is -1.39. The zero-order valence-corrected chi connectivity index (χ0v) is 10.6. The van der Waals surface area contributed by atoms with Crippen molar-refractivity contribution in [1.82, 2.24) is 15.0 Å². The van der Waals surface area contributed by atoms with Gasteiger partial charge in [0, 0.05) is 12.5 Å². The van der Waals surface area contributed by atoms with E-state index in [2.05, 4.69) is 24.2 Å². The van der Waals surface area contributed by atoms with Crippen molar-refractivity contribution in [3.63, 3.8) is 0 Å². The molecule has 1 heterocycles. The fraction of sp³-hybridized carbons (Fsp3) is 0.750. The van der Waals surface area contributed by atoms with Crippen molar-refractivity contribution in [3.05, 3.63) is 11.4 Å². The molecule has 0 N–H and O–H groups in total. The van der Waals surface area contributed by atoms with Gasteiger partial charge in [0.2, 0.25) is 0 Å². The normalized spacial score (nSPS) is 15.3. The summed E-state index contributed by atoms with van der Waals surface area (Å²) in [5.41, 5.74) is 1.38. The van der Waals surface area contributed by atoms with E-state index in [1.165, 1.54) is 0 Å². The van der Waals surface area contributed by atoms with Crippen LogP contribution in [0.1, 0.15) is 55.7 Å². The molecular weight excluding hydrogens is 218 g/mol. The number of carbonyl (C=O) groups is 1. The minimum Gasteiger partial charge on any atom is -0.461 e. The highest BCUT2D eigenvalue weighted by molar-refractivity contribution is 5.88. The standard InChI is InChI=1S/C12H19N3O2/c1-4-17-12(16)10-11(9-5-6-9)15(14-13-10)7-8(2)3/h8-9H,4-7H2,1-3H3. The van der Waals surface area contributed by atoms with Crippen molar-refractivity contribution in [2.45, 2.75) is 46.1 Å². The average Bonchev–Trinajstić information content (AvgIpc) is 3.00. The summed E-state index contributed by atoms with van der Waals surface area (Å²) in [5.74, 6) is 0.594. The quantitative estimate of drug-likeness (QED) is 0.735. The highest BCUT2D eigenvalue weighted by Crippen LogP contribution is 2.41. The third-order valence-corrected chi connectivity index (χ3v) is 2.74. The monoisotopic (exact) mass is 237 g/mol. The number of aromatic nitrogens is 3. The molecule has 1 aromatic rings. The van der Waals surface area contributed by atoms with Crippen molar-refractivity contribution in [2.75, 3.05) is 6.61 Å². The van der Waals surface area contributed by atoms with Gasteiger partial charge in [-0.15, -0.1) is 5.10 Å². The molecule has 1 aliphatic rings. The molecule has 1 saturated carbocycles. The third-order valence-electron chi connectivity index (χ3n) is 2.74. The van der Waals surface area contributed by atoms with E-state index in [0.717, 1.165) is 25.1 Å². The lowest BCUT2D eigenvalue weighted by atomic mass is 10.2. The maximum absolute atomic E-state index is 11.8. The van der Waals surface area contributed by atoms with Gasteiger partial charge in [-0.25, -0.2) is 9.48 Å². The molecule has 94 valence electrons. The van der Waals surface area contributed by atoms with Crippen molar-refractivity contribution in [1.29, 1.82) is 0 Å². The highest BCUT2D eigenvalue weighted by atomic mass is 16.5. The van der Waals surface area contributed by atoms with Crippen LogP contribution in [0.15, 0.2) is 0 Å². The summed E-state index contributed by atoms with van der Waals surface area (Å²) < 4.78 is 6.88. The molecule has 0 aromatic carbocycles. The molecule has 0 aliphatic heterocycles. The van der Waals surface area contributed by atoms with Crippen LogP contribution < -0.4 is 0 Å². The largest absolute Gasteiger partial charge is 0.461 e. The van der Waals surface area contributed by atoms with Crippen LogP contribution in [-0.4, -0.2) is 27.6 Å². The Bertz CT molecular complexity index is 408. The van der Waals surface area contributed by atoms with Gasteiger partial charge < -0.3 is 4.74 Å². The first-order valence-corrected chi connectivity index (χ1v) is 6.24. The summed E-state index contributed by atoms with van der Waals surface area (Å²) in [6.07, 6.45) is 2.25. The second-order valence-corrected chi connectivity index (χ2v) is 4.89. The molecule has 1 aliphatic carbocycles. The Kier molecular flexibility index (Phi) is 3.45. The molecule has 0 unspecified atom stereocenters. The molecule has 0 spiro atoms. The first-order valence-electron chi connectivity index (χ1n) is 6.24. The lowest BCUT2D eigenvalue weighted by molar-refractivity contribution is 0.0518. The summed E-state index contributed by atoms with van der Waals surface area (Å²) in [6.45, 7) is 7.23. The van der Waals surface area contributed by atoms with Gasteiger partial charge in [-0.1, -0.05) is 19.1 Å². The molecule has 0 atom stereocenters. The van der Waals surface area contributed by atoms with Gasteiger partial charge in [0.05, 0.1) is 12.3 Å². The summed E-state index contributed by atoms with van der Waals surface area (Å²) in [6, 6.07) is 0. The predicted octanol–water partition coefficient (Wildman–Crippen LogP) is 1.99. The summed E-state index contributed by atoms with van der Waals surface area (Å²) >= 11 is 0. The smallest absolute Gasteiger partial charge is 0.360 e. The van der Waals surface area contributed by atoms with E-state index >= 15 is 0 Å².